The van der Waals surface area contributed by atoms with Gasteiger partial charge < -0.3 is 10.1 Å². The molecule has 54 heavy (non-hydrogen) atoms. The Morgan fingerprint density at radius 2 is 1.41 bits per heavy atom. The molecule has 0 bridgehead atoms. The van der Waals surface area contributed by atoms with Gasteiger partial charge in [-0.05, 0) is 92.3 Å². The third kappa shape index (κ3) is 8.16. The van der Waals surface area contributed by atoms with Crippen LogP contribution in [0.15, 0.2) is 103 Å². The van der Waals surface area contributed by atoms with Crippen LogP contribution in [0.3, 0.4) is 0 Å². The van der Waals surface area contributed by atoms with Crippen molar-refractivity contribution in [1.29, 1.82) is 0 Å². The van der Waals surface area contributed by atoms with Gasteiger partial charge in [0.2, 0.25) is 5.91 Å². The highest BCUT2D eigenvalue weighted by Crippen LogP contribution is 2.40. The molecule has 280 valence electrons. The number of benzene rings is 4. The van der Waals surface area contributed by atoms with Gasteiger partial charge in [-0.1, -0.05) is 110 Å². The number of imide groups is 1. The van der Waals surface area contributed by atoms with E-state index in [9.17, 15) is 19.2 Å². The van der Waals surface area contributed by atoms with Crippen LogP contribution in [-0.2, 0) is 14.4 Å². The predicted octanol–water partition coefficient (Wildman–Crippen LogP) is 9.09. The molecule has 3 aliphatic rings. The van der Waals surface area contributed by atoms with Gasteiger partial charge in [0.25, 0.3) is 11.8 Å². The number of hydrogen-bond donors (Lipinski definition) is 1. The van der Waals surface area contributed by atoms with E-state index in [2.05, 4.69) is 5.32 Å². The van der Waals surface area contributed by atoms with Gasteiger partial charge in [-0.2, -0.15) is 0 Å². The fourth-order valence-electron chi connectivity index (χ4n) is 8.07. The van der Waals surface area contributed by atoms with Crippen molar-refractivity contribution in [2.24, 2.45) is 0 Å². The van der Waals surface area contributed by atoms with Gasteiger partial charge in [0.05, 0.1) is 0 Å². The Bertz CT molecular complexity index is 1920. The number of aryl methyl sites for hydroxylation is 1. The van der Waals surface area contributed by atoms with Gasteiger partial charge in [0, 0.05) is 28.5 Å². The largest absolute Gasteiger partial charge is 0.484 e. The summed E-state index contributed by atoms with van der Waals surface area (Å²) in [6, 6.07) is 28.5. The van der Waals surface area contributed by atoms with Gasteiger partial charge in [0.1, 0.15) is 17.8 Å². The molecular formula is C44H47ClN4O5. The smallest absolute Gasteiger partial charge is 0.332 e. The maximum Gasteiger partial charge on any atom is 0.332 e. The van der Waals surface area contributed by atoms with Crippen molar-refractivity contribution in [1.82, 2.24) is 10.2 Å². The van der Waals surface area contributed by atoms with Crippen molar-refractivity contribution in [3.05, 3.63) is 125 Å². The second kappa shape index (κ2) is 16.9. The molecule has 10 heteroatoms. The minimum Gasteiger partial charge on any atom is -0.484 e. The van der Waals surface area contributed by atoms with E-state index in [-0.39, 0.29) is 36.5 Å². The summed E-state index contributed by atoms with van der Waals surface area (Å²) in [5.41, 5.74) is 3.40. The first kappa shape index (κ1) is 37.2. The molecule has 1 saturated heterocycles. The minimum absolute atomic E-state index is 0.0193. The number of nitrogens with one attached hydrogen (secondary N) is 1. The molecule has 7 rings (SSSR count). The Labute approximate surface area is 322 Å². The van der Waals surface area contributed by atoms with Crippen LogP contribution >= 0.6 is 11.6 Å². The number of hydrogen-bond acceptors (Lipinski definition) is 5. The maximum absolute atomic E-state index is 14.4. The second-order valence-corrected chi connectivity index (χ2v) is 15.1. The van der Waals surface area contributed by atoms with Crippen LogP contribution in [0.2, 0.25) is 5.02 Å². The monoisotopic (exact) mass is 746 g/mol. The Morgan fingerprint density at radius 3 is 2.06 bits per heavy atom. The molecule has 0 spiro atoms. The summed E-state index contributed by atoms with van der Waals surface area (Å²) in [6.07, 6.45) is 9.65. The zero-order valence-corrected chi connectivity index (χ0v) is 31.4. The number of carbonyl (C=O) groups is 4. The molecule has 2 atom stereocenters. The average Bonchev–Trinajstić information content (AvgIpc) is 3.47. The Morgan fingerprint density at radius 1 is 0.778 bits per heavy atom. The molecule has 4 aromatic rings. The number of para-hydroxylation sites is 1. The number of carbonyl (C=O) groups excluding carboxylic acids is 4. The summed E-state index contributed by atoms with van der Waals surface area (Å²) in [5, 5.41) is 3.81. The topological polar surface area (TPSA) is 99.3 Å². The van der Waals surface area contributed by atoms with Crippen LogP contribution in [-0.4, -0.2) is 47.3 Å². The highest BCUT2D eigenvalue weighted by Gasteiger charge is 2.49. The van der Waals surface area contributed by atoms with Crippen molar-refractivity contribution < 1.29 is 23.9 Å². The Hall–Kier alpha value is -5.15. The standard InChI is InChI=1S/C44H47ClN4O5/c1-30-17-19-31(20-18-30)40(42(51)46-34-11-5-2-6-12-34)47(39(50)29-54-38-27-23-33(45)24-28-38)37-25-21-32(22-26-37)41-43(52)49(36-15-9-4-10-16-36)44(53)48(41)35-13-7-3-8-14-35/h3,7-8,13-14,17-28,34,36,40-41H,2,4-6,9-12,15-16,29H2,1H3,(H,46,51). The van der Waals surface area contributed by atoms with Gasteiger partial charge in [-0.25, -0.2) is 4.79 Å². The van der Waals surface area contributed by atoms with Crippen LogP contribution in [0.5, 0.6) is 5.75 Å². The number of rotatable bonds is 11. The van der Waals surface area contributed by atoms with E-state index in [0.717, 1.165) is 69.8 Å². The first-order valence-corrected chi connectivity index (χ1v) is 19.5. The van der Waals surface area contributed by atoms with Crippen LogP contribution in [0, 0.1) is 6.92 Å². The van der Waals surface area contributed by atoms with E-state index in [0.29, 0.717) is 33.3 Å². The van der Waals surface area contributed by atoms with Crippen molar-refractivity contribution in [3.63, 3.8) is 0 Å². The number of amides is 5. The Kier molecular flexibility index (Phi) is 11.6. The van der Waals surface area contributed by atoms with Crippen molar-refractivity contribution in [2.75, 3.05) is 16.4 Å². The Balaban J connectivity index is 1.26. The van der Waals surface area contributed by atoms with E-state index in [1.807, 2.05) is 61.5 Å². The molecule has 4 aromatic carbocycles. The van der Waals surface area contributed by atoms with Crippen LogP contribution < -0.4 is 19.9 Å². The average molecular weight is 747 g/mol. The summed E-state index contributed by atoms with van der Waals surface area (Å²) in [4.78, 5) is 61.8. The molecule has 3 fully saturated rings. The van der Waals surface area contributed by atoms with Crippen molar-refractivity contribution in [2.45, 2.75) is 95.3 Å². The maximum atomic E-state index is 14.4. The van der Waals surface area contributed by atoms with Crippen LogP contribution in [0.4, 0.5) is 16.2 Å². The highest BCUT2D eigenvalue weighted by molar-refractivity contribution is 6.30. The first-order chi connectivity index (χ1) is 26.3. The van der Waals surface area contributed by atoms with E-state index in [1.54, 1.807) is 53.4 Å². The molecule has 9 nitrogen and oxygen atoms in total. The van der Waals surface area contributed by atoms with Gasteiger partial charge >= 0.3 is 6.03 Å². The predicted molar refractivity (Wildman–Crippen MR) is 211 cm³/mol. The number of urea groups is 1. The quantitative estimate of drug-likeness (QED) is 0.155. The summed E-state index contributed by atoms with van der Waals surface area (Å²) in [6.45, 7) is 1.64. The fraction of sp³-hybridized carbons (Fsp3) is 0.364. The lowest BCUT2D eigenvalue weighted by Gasteiger charge is -2.33. The van der Waals surface area contributed by atoms with Crippen LogP contribution in [0.1, 0.15) is 93.0 Å². The zero-order valence-electron chi connectivity index (χ0n) is 30.7. The molecule has 1 heterocycles. The van der Waals surface area contributed by atoms with E-state index >= 15 is 0 Å². The molecule has 0 radical (unpaired) electrons. The summed E-state index contributed by atoms with van der Waals surface area (Å²) in [5.74, 6) is -0.486. The van der Waals surface area contributed by atoms with E-state index in [1.165, 1.54) is 9.80 Å². The molecule has 2 saturated carbocycles. The highest BCUT2D eigenvalue weighted by atomic mass is 35.5. The SMILES string of the molecule is Cc1ccc(C(C(=O)NC2CCCCC2)N(C(=O)COc2ccc(Cl)cc2)c2ccc(C3C(=O)N(C4CCCCC4)C(=O)N3c3ccccc3)cc2)cc1. The number of ether oxygens (including phenoxy) is 1. The van der Waals surface area contributed by atoms with Crippen molar-refractivity contribution in [3.8, 4) is 5.75 Å². The molecular weight excluding hydrogens is 700 g/mol. The second-order valence-electron chi connectivity index (χ2n) is 14.6. The summed E-state index contributed by atoms with van der Waals surface area (Å²) in [7, 11) is 0. The number of anilines is 2. The van der Waals surface area contributed by atoms with Crippen molar-refractivity contribution >= 4 is 46.7 Å². The summed E-state index contributed by atoms with van der Waals surface area (Å²) < 4.78 is 5.95. The first-order valence-electron chi connectivity index (χ1n) is 19.2. The number of nitrogens with zero attached hydrogens (tertiary/aromatic N) is 3. The fourth-order valence-corrected chi connectivity index (χ4v) is 8.20. The van der Waals surface area contributed by atoms with E-state index < -0.39 is 18.0 Å². The lowest BCUT2D eigenvalue weighted by atomic mass is 9.94. The summed E-state index contributed by atoms with van der Waals surface area (Å²) >= 11 is 6.09. The zero-order chi connectivity index (χ0) is 37.6. The molecule has 2 aliphatic carbocycles. The lowest BCUT2D eigenvalue weighted by molar-refractivity contribution is -0.129. The normalized spacial score (nSPS) is 18.7. The van der Waals surface area contributed by atoms with Crippen LogP contribution in [0.25, 0.3) is 0 Å². The molecule has 5 amide bonds. The third-order valence-electron chi connectivity index (χ3n) is 10.9. The van der Waals surface area contributed by atoms with E-state index in [4.69, 9.17) is 16.3 Å². The molecule has 1 aliphatic heterocycles. The minimum atomic E-state index is -1.00. The molecule has 2 unspecified atom stereocenters. The molecule has 0 aromatic heterocycles. The lowest BCUT2D eigenvalue weighted by Crippen LogP contribution is -2.48. The van der Waals surface area contributed by atoms with Gasteiger partial charge in [-0.15, -0.1) is 0 Å². The van der Waals surface area contributed by atoms with Gasteiger partial charge in [0.15, 0.2) is 6.61 Å². The third-order valence-corrected chi connectivity index (χ3v) is 11.2. The van der Waals surface area contributed by atoms with Gasteiger partial charge in [-0.3, -0.25) is 29.1 Å². The number of halogens is 1. The molecule has 1 N–H and O–H groups in total.